The topological polar surface area (TPSA) is 66.2 Å². The third kappa shape index (κ3) is 7.68. The number of carbonyl (C=O) groups excluding carboxylic acids is 1. The summed E-state index contributed by atoms with van der Waals surface area (Å²) in [5, 5.41) is 8.81. The van der Waals surface area contributed by atoms with E-state index in [9.17, 15) is 4.79 Å². The average Bonchev–Trinajstić information content (AvgIpc) is 2.70. The zero-order valence-corrected chi connectivity index (χ0v) is 17.5. The summed E-state index contributed by atoms with van der Waals surface area (Å²) in [5.74, 6) is 0.119. The predicted octanol–water partition coefficient (Wildman–Crippen LogP) is 4.50. The summed E-state index contributed by atoms with van der Waals surface area (Å²) in [5.41, 5.74) is 0.899. The molecule has 1 atom stereocenters. The first-order valence-corrected chi connectivity index (χ1v) is 10.3. The molecule has 0 aromatic carbocycles. The average molecular weight is 374 g/mol. The van der Waals surface area contributed by atoms with Gasteiger partial charge in [-0.3, -0.25) is 9.78 Å². The zero-order chi connectivity index (χ0) is 20.1. The Morgan fingerprint density at radius 1 is 1.19 bits per heavy atom. The van der Waals surface area contributed by atoms with Crippen LogP contribution >= 0.6 is 0 Å². The van der Waals surface area contributed by atoms with E-state index in [2.05, 4.69) is 24.9 Å². The van der Waals surface area contributed by atoms with E-state index < -0.39 is 5.60 Å². The molecule has 0 fully saturated rings. The number of aryl methyl sites for hydroxylation is 1. The molecule has 0 aliphatic rings. The van der Waals surface area contributed by atoms with Crippen LogP contribution in [0.3, 0.4) is 0 Å². The highest BCUT2D eigenvalue weighted by atomic mass is 16.5. The largest absolute Gasteiger partial charge is 0.365 e. The van der Waals surface area contributed by atoms with Crippen molar-refractivity contribution >= 4 is 5.91 Å². The van der Waals surface area contributed by atoms with Crippen LogP contribution in [0.5, 0.6) is 0 Å². The van der Waals surface area contributed by atoms with E-state index in [1.54, 1.807) is 6.20 Å². The summed E-state index contributed by atoms with van der Waals surface area (Å²) < 4.78 is 5.90. The van der Waals surface area contributed by atoms with Gasteiger partial charge in [0.25, 0.3) is 5.91 Å². The second-order valence-corrected chi connectivity index (χ2v) is 7.19. The first-order valence-electron chi connectivity index (χ1n) is 10.3. The summed E-state index contributed by atoms with van der Waals surface area (Å²) in [7, 11) is 0. The molecule has 0 unspecified atom stereocenters. The Morgan fingerprint density at radius 3 is 2.52 bits per heavy atom. The van der Waals surface area contributed by atoms with Crippen molar-refractivity contribution in [2.45, 2.75) is 78.2 Å². The smallest absolute Gasteiger partial charge is 0.254 e. The Balaban J connectivity index is 2.47. The molecule has 5 nitrogen and oxygen atoms in total. The van der Waals surface area contributed by atoms with E-state index in [0.717, 1.165) is 57.3 Å². The number of hydrogen-bond acceptors (Lipinski definition) is 4. The van der Waals surface area contributed by atoms with Crippen molar-refractivity contribution in [1.29, 1.82) is 5.26 Å². The second-order valence-electron chi connectivity index (χ2n) is 7.19. The van der Waals surface area contributed by atoms with Crippen molar-refractivity contribution < 1.29 is 9.53 Å². The van der Waals surface area contributed by atoms with Gasteiger partial charge in [-0.05, 0) is 57.6 Å². The van der Waals surface area contributed by atoms with Gasteiger partial charge in [-0.2, -0.15) is 5.26 Å². The van der Waals surface area contributed by atoms with Crippen LogP contribution in [0.2, 0.25) is 0 Å². The van der Waals surface area contributed by atoms with Gasteiger partial charge in [-0.25, -0.2) is 0 Å². The lowest BCUT2D eigenvalue weighted by Gasteiger charge is -2.34. The number of unbranched alkanes of at least 4 members (excludes halogenated alkanes) is 2. The predicted molar refractivity (Wildman–Crippen MR) is 108 cm³/mol. The fourth-order valence-corrected chi connectivity index (χ4v) is 2.99. The van der Waals surface area contributed by atoms with Crippen LogP contribution in [0.1, 0.15) is 77.5 Å². The SMILES string of the molecule is CCCO[C@](C)(CC)C(=O)N(CCC)CCCCCc1ccc(C#N)cn1. The molecule has 0 aliphatic heterocycles. The number of amides is 1. The van der Waals surface area contributed by atoms with Crippen molar-refractivity contribution in [2.24, 2.45) is 0 Å². The molecule has 0 radical (unpaired) electrons. The molecular formula is C22H35N3O2. The Bertz CT molecular complexity index is 595. The molecule has 0 saturated heterocycles. The van der Waals surface area contributed by atoms with Gasteiger partial charge in [0, 0.05) is 31.6 Å². The van der Waals surface area contributed by atoms with Crippen molar-refractivity contribution in [3.8, 4) is 6.07 Å². The molecule has 1 heterocycles. The summed E-state index contributed by atoms with van der Waals surface area (Å²) in [6, 6.07) is 5.82. The molecule has 5 heteroatoms. The van der Waals surface area contributed by atoms with Crippen LogP contribution in [0, 0.1) is 11.3 Å². The van der Waals surface area contributed by atoms with E-state index >= 15 is 0 Å². The molecule has 1 rings (SSSR count). The van der Waals surface area contributed by atoms with Gasteiger partial charge in [0.2, 0.25) is 0 Å². The van der Waals surface area contributed by atoms with Crippen molar-refractivity contribution in [3.05, 3.63) is 29.6 Å². The van der Waals surface area contributed by atoms with Gasteiger partial charge < -0.3 is 9.64 Å². The molecule has 1 amide bonds. The quantitative estimate of drug-likeness (QED) is 0.478. The van der Waals surface area contributed by atoms with Crippen molar-refractivity contribution in [3.63, 3.8) is 0 Å². The Kier molecular flexibility index (Phi) is 10.7. The Morgan fingerprint density at radius 2 is 1.96 bits per heavy atom. The number of nitrogens with zero attached hydrogens (tertiary/aromatic N) is 3. The molecule has 1 aromatic heterocycles. The fraction of sp³-hybridized carbons (Fsp3) is 0.682. The molecule has 0 aliphatic carbocycles. The van der Waals surface area contributed by atoms with Crippen LogP contribution in [0.25, 0.3) is 0 Å². The van der Waals surface area contributed by atoms with Gasteiger partial charge >= 0.3 is 0 Å². The maximum absolute atomic E-state index is 13.0. The standard InChI is InChI=1S/C22H35N3O2/c1-5-14-25(21(26)22(4,7-3)27-16-6-2)15-10-8-9-11-20-13-12-19(17-23)18-24-20/h12-13,18H,5-11,14-16H2,1-4H3/t22-/m1/s1. The molecule has 1 aromatic rings. The van der Waals surface area contributed by atoms with E-state index in [4.69, 9.17) is 10.00 Å². The number of nitriles is 1. The molecule has 0 bridgehead atoms. The number of pyridine rings is 1. The van der Waals surface area contributed by atoms with Crippen molar-refractivity contribution in [2.75, 3.05) is 19.7 Å². The van der Waals surface area contributed by atoms with E-state index in [0.29, 0.717) is 18.6 Å². The highest BCUT2D eigenvalue weighted by molar-refractivity contribution is 5.84. The van der Waals surface area contributed by atoms with Gasteiger partial charge in [-0.15, -0.1) is 0 Å². The van der Waals surface area contributed by atoms with Gasteiger partial charge in [0.15, 0.2) is 0 Å². The van der Waals surface area contributed by atoms with Gasteiger partial charge in [0.1, 0.15) is 11.7 Å². The maximum atomic E-state index is 13.0. The molecule has 150 valence electrons. The monoisotopic (exact) mass is 373 g/mol. The molecule has 0 saturated carbocycles. The first kappa shape index (κ1) is 23.1. The van der Waals surface area contributed by atoms with Crippen molar-refractivity contribution in [1.82, 2.24) is 9.88 Å². The third-order valence-corrected chi connectivity index (χ3v) is 4.85. The van der Waals surface area contributed by atoms with Gasteiger partial charge in [-0.1, -0.05) is 27.2 Å². The minimum atomic E-state index is -0.711. The molecular weight excluding hydrogens is 338 g/mol. The number of aromatic nitrogens is 1. The van der Waals surface area contributed by atoms with Crippen LogP contribution in [0.15, 0.2) is 18.3 Å². The number of hydrogen-bond donors (Lipinski definition) is 0. The van der Waals surface area contributed by atoms with Crippen LogP contribution in [-0.2, 0) is 16.0 Å². The Hall–Kier alpha value is -1.93. The summed E-state index contributed by atoms with van der Waals surface area (Å²) in [6.07, 6.45) is 8.15. The lowest BCUT2D eigenvalue weighted by atomic mass is 10.0. The van der Waals surface area contributed by atoms with E-state index in [-0.39, 0.29) is 5.91 Å². The first-order chi connectivity index (χ1) is 13.0. The molecule has 0 spiro atoms. The van der Waals surface area contributed by atoms with Gasteiger partial charge in [0.05, 0.1) is 5.56 Å². The fourth-order valence-electron chi connectivity index (χ4n) is 2.99. The number of carbonyl (C=O) groups is 1. The van der Waals surface area contributed by atoms with Crippen LogP contribution in [0.4, 0.5) is 0 Å². The minimum absolute atomic E-state index is 0.119. The maximum Gasteiger partial charge on any atom is 0.254 e. The van der Waals surface area contributed by atoms with E-state index in [1.165, 1.54) is 0 Å². The minimum Gasteiger partial charge on any atom is -0.365 e. The normalized spacial score (nSPS) is 13.0. The van der Waals surface area contributed by atoms with Crippen LogP contribution in [-0.4, -0.2) is 41.1 Å². The second kappa shape index (κ2) is 12.5. The van der Waals surface area contributed by atoms with E-state index in [1.807, 2.05) is 30.9 Å². The zero-order valence-electron chi connectivity index (χ0n) is 17.5. The lowest BCUT2D eigenvalue weighted by molar-refractivity contribution is -0.157. The number of rotatable bonds is 13. The highest BCUT2D eigenvalue weighted by Crippen LogP contribution is 2.20. The summed E-state index contributed by atoms with van der Waals surface area (Å²) >= 11 is 0. The molecule has 27 heavy (non-hydrogen) atoms. The third-order valence-electron chi connectivity index (χ3n) is 4.85. The summed E-state index contributed by atoms with van der Waals surface area (Å²) in [6.45, 7) is 10.3. The van der Waals surface area contributed by atoms with Crippen LogP contribution < -0.4 is 0 Å². The molecule has 0 N–H and O–H groups in total. The lowest BCUT2D eigenvalue weighted by Crippen LogP contribution is -2.49. The Labute approximate surface area is 164 Å². The number of ether oxygens (including phenoxy) is 1. The highest BCUT2D eigenvalue weighted by Gasteiger charge is 2.35. The summed E-state index contributed by atoms with van der Waals surface area (Å²) in [4.78, 5) is 19.3.